The van der Waals surface area contributed by atoms with Gasteiger partial charge in [0.15, 0.2) is 0 Å². The zero-order valence-corrected chi connectivity index (χ0v) is 13.9. The lowest BCUT2D eigenvalue weighted by Gasteiger charge is -2.35. The molecule has 0 saturated carbocycles. The van der Waals surface area contributed by atoms with Crippen LogP contribution in [-0.2, 0) is 6.42 Å². The van der Waals surface area contributed by atoms with Crippen LogP contribution < -0.4 is 17.3 Å². The molecule has 1 unspecified atom stereocenters. The number of unbranched alkanes of at least 4 members (excludes halogenated alkanes) is 2. The molecule has 0 aromatic heterocycles. The third-order valence-corrected chi connectivity index (χ3v) is 4.45. The van der Waals surface area contributed by atoms with E-state index in [1.54, 1.807) is 0 Å². The molecule has 114 valence electrons. The number of likely N-dealkylation sites (tertiary alicyclic amines) is 1. The van der Waals surface area contributed by atoms with Crippen molar-refractivity contribution >= 4 is 0 Å². The van der Waals surface area contributed by atoms with Crippen molar-refractivity contribution in [2.75, 3.05) is 19.6 Å². The van der Waals surface area contributed by atoms with E-state index in [0.717, 1.165) is 0 Å². The lowest BCUT2D eigenvalue weighted by atomic mass is 9.84. The molecule has 1 heterocycles. The highest BCUT2D eigenvalue weighted by Crippen LogP contribution is 2.21. The molecule has 20 heavy (non-hydrogen) atoms. The first-order valence-corrected chi connectivity index (χ1v) is 8.03. The Labute approximate surface area is 131 Å². The predicted molar refractivity (Wildman–Crippen MR) is 82.6 cm³/mol. The maximum atomic E-state index is 2.43. The average Bonchev–Trinajstić information content (AvgIpc) is 2.38. The van der Waals surface area contributed by atoms with Crippen molar-refractivity contribution in [3.63, 3.8) is 0 Å². The number of halogens is 1. The van der Waals surface area contributed by atoms with Crippen LogP contribution in [0.4, 0.5) is 0 Å². The number of benzene rings is 1. The van der Waals surface area contributed by atoms with Crippen molar-refractivity contribution in [3.05, 3.63) is 35.9 Å². The molecule has 2 heteroatoms. The molecule has 1 nitrogen and oxygen atoms in total. The van der Waals surface area contributed by atoms with Gasteiger partial charge in [0.2, 0.25) is 0 Å². The van der Waals surface area contributed by atoms with Crippen LogP contribution in [0.5, 0.6) is 0 Å². The van der Waals surface area contributed by atoms with E-state index < -0.39 is 0 Å². The molecule has 1 aromatic rings. The van der Waals surface area contributed by atoms with Crippen LogP contribution >= 0.6 is 0 Å². The fourth-order valence-corrected chi connectivity index (χ4v) is 3.41. The van der Waals surface area contributed by atoms with Crippen LogP contribution in [0.3, 0.4) is 0 Å². The zero-order valence-electron chi connectivity index (χ0n) is 13.1. The largest absolute Gasteiger partial charge is 1.00 e. The van der Waals surface area contributed by atoms with Gasteiger partial charge in [0, 0.05) is 5.41 Å². The quantitative estimate of drug-likeness (QED) is 0.711. The van der Waals surface area contributed by atoms with E-state index in [4.69, 9.17) is 0 Å². The zero-order chi connectivity index (χ0) is 13.6. The summed E-state index contributed by atoms with van der Waals surface area (Å²) >= 11 is 0. The molecule has 1 saturated heterocycles. The Balaban J connectivity index is 0.00000200. The van der Waals surface area contributed by atoms with Crippen molar-refractivity contribution < 1.29 is 17.3 Å². The van der Waals surface area contributed by atoms with E-state index >= 15 is 0 Å². The minimum absolute atomic E-state index is 0. The third kappa shape index (κ3) is 6.28. The molecule has 1 aromatic carbocycles. The third-order valence-electron chi connectivity index (χ3n) is 4.45. The van der Waals surface area contributed by atoms with E-state index in [1.165, 1.54) is 63.7 Å². The minimum atomic E-state index is 0. The average molecular weight is 296 g/mol. The van der Waals surface area contributed by atoms with Gasteiger partial charge in [-0.1, -0.05) is 44.2 Å². The summed E-state index contributed by atoms with van der Waals surface area (Å²) in [6.45, 7) is 9.04. The van der Waals surface area contributed by atoms with Gasteiger partial charge in [0.25, 0.3) is 0 Å². The molecular formula is C18H30ClN. The van der Waals surface area contributed by atoms with Gasteiger partial charge in [0.05, 0.1) is 19.6 Å². The van der Waals surface area contributed by atoms with E-state index in [-0.39, 0.29) is 12.4 Å². The summed E-state index contributed by atoms with van der Waals surface area (Å²) in [4.78, 5) is 1.84. The molecule has 1 N–H and O–H groups in total. The van der Waals surface area contributed by atoms with Gasteiger partial charge in [-0.05, 0) is 44.1 Å². The molecule has 2 rings (SSSR count). The van der Waals surface area contributed by atoms with Crippen LogP contribution in [-0.4, -0.2) is 19.6 Å². The van der Waals surface area contributed by atoms with Crippen molar-refractivity contribution in [1.29, 1.82) is 0 Å². The highest BCUT2D eigenvalue weighted by molar-refractivity contribution is 5.14. The van der Waals surface area contributed by atoms with Crippen molar-refractivity contribution in [2.24, 2.45) is 5.41 Å². The van der Waals surface area contributed by atoms with Crippen LogP contribution in [0.25, 0.3) is 0 Å². The summed E-state index contributed by atoms with van der Waals surface area (Å²) in [6.07, 6.45) is 8.23. The van der Waals surface area contributed by atoms with Crippen molar-refractivity contribution in [1.82, 2.24) is 0 Å². The molecule has 1 aliphatic rings. The summed E-state index contributed by atoms with van der Waals surface area (Å²) < 4.78 is 0. The first-order valence-electron chi connectivity index (χ1n) is 8.03. The summed E-state index contributed by atoms with van der Waals surface area (Å²) in [5.41, 5.74) is 2.08. The van der Waals surface area contributed by atoms with E-state index in [1.807, 2.05) is 4.90 Å². The molecule has 0 spiro atoms. The van der Waals surface area contributed by atoms with Crippen molar-refractivity contribution in [3.8, 4) is 0 Å². The van der Waals surface area contributed by atoms with Crippen LogP contribution in [0.1, 0.15) is 51.5 Å². The normalized spacial score (nSPS) is 21.2. The number of aryl methyl sites for hydroxylation is 1. The van der Waals surface area contributed by atoms with Gasteiger partial charge in [0.1, 0.15) is 0 Å². The Morgan fingerprint density at radius 1 is 1.05 bits per heavy atom. The molecule has 0 aliphatic carbocycles. The number of nitrogens with one attached hydrogen (secondary N) is 1. The van der Waals surface area contributed by atoms with Gasteiger partial charge in [-0.3, -0.25) is 0 Å². The summed E-state index contributed by atoms with van der Waals surface area (Å²) in [7, 11) is 0. The maximum Gasteiger partial charge on any atom is 0.0822 e. The van der Waals surface area contributed by atoms with Crippen molar-refractivity contribution in [2.45, 2.75) is 52.4 Å². The number of quaternary nitrogens is 1. The number of hydrogen-bond acceptors (Lipinski definition) is 0. The lowest BCUT2D eigenvalue weighted by molar-refractivity contribution is -0.912. The monoisotopic (exact) mass is 295 g/mol. The number of hydrogen-bond donors (Lipinski definition) is 1. The Hall–Kier alpha value is -0.530. The number of rotatable bonds is 6. The highest BCUT2D eigenvalue weighted by Gasteiger charge is 2.28. The molecule has 1 atom stereocenters. The number of piperidine rings is 1. The topological polar surface area (TPSA) is 4.44 Å². The maximum absolute atomic E-state index is 2.43. The molecular weight excluding hydrogens is 266 g/mol. The van der Waals surface area contributed by atoms with Crippen LogP contribution in [0, 0.1) is 5.41 Å². The Morgan fingerprint density at radius 3 is 2.50 bits per heavy atom. The first kappa shape index (κ1) is 17.5. The second-order valence-corrected chi connectivity index (χ2v) is 6.99. The molecule has 0 amide bonds. The second-order valence-electron chi connectivity index (χ2n) is 6.99. The summed E-state index contributed by atoms with van der Waals surface area (Å²) in [6, 6.07) is 10.9. The smallest absolute Gasteiger partial charge is 0.0822 e. The van der Waals surface area contributed by atoms with Gasteiger partial charge in [-0.2, -0.15) is 0 Å². The second kappa shape index (κ2) is 8.69. The summed E-state index contributed by atoms with van der Waals surface area (Å²) in [5.74, 6) is 0. The van der Waals surface area contributed by atoms with Gasteiger partial charge < -0.3 is 17.3 Å². The van der Waals surface area contributed by atoms with Crippen LogP contribution in [0.2, 0.25) is 0 Å². The lowest BCUT2D eigenvalue weighted by Crippen LogP contribution is -3.14. The molecule has 0 bridgehead atoms. The van der Waals surface area contributed by atoms with Crippen LogP contribution in [0.15, 0.2) is 30.3 Å². The molecule has 0 radical (unpaired) electrons. The SMILES string of the molecule is CC1(C)CCC[NH+](CCCCCc2ccccc2)C1.[Cl-]. The Morgan fingerprint density at radius 2 is 1.80 bits per heavy atom. The van der Waals surface area contributed by atoms with Gasteiger partial charge in [-0.25, -0.2) is 0 Å². The van der Waals surface area contributed by atoms with Gasteiger partial charge >= 0.3 is 0 Å². The Kier molecular flexibility index (Phi) is 7.61. The van der Waals surface area contributed by atoms with E-state index in [0.29, 0.717) is 5.41 Å². The van der Waals surface area contributed by atoms with E-state index in [9.17, 15) is 0 Å². The molecule has 1 aliphatic heterocycles. The molecule has 1 fully saturated rings. The highest BCUT2D eigenvalue weighted by atomic mass is 35.5. The predicted octanol–water partition coefficient (Wildman–Crippen LogP) is 0.108. The Bertz CT molecular complexity index is 361. The van der Waals surface area contributed by atoms with Gasteiger partial charge in [-0.15, -0.1) is 0 Å². The summed E-state index contributed by atoms with van der Waals surface area (Å²) in [5, 5.41) is 0. The standard InChI is InChI=1S/C18H29N.ClH/c1-18(2)13-9-15-19(16-18)14-8-4-7-12-17-10-5-3-6-11-17;/h3,5-6,10-11H,4,7-9,12-16H2,1-2H3;1H. The fourth-order valence-electron chi connectivity index (χ4n) is 3.41. The fraction of sp³-hybridized carbons (Fsp3) is 0.667. The minimum Gasteiger partial charge on any atom is -1.00 e. The van der Waals surface area contributed by atoms with E-state index in [2.05, 4.69) is 44.2 Å². The first-order chi connectivity index (χ1) is 9.16.